The molecule has 0 amide bonds. The minimum atomic E-state index is -1.00. The zero-order valence-electron chi connectivity index (χ0n) is 10.1. The summed E-state index contributed by atoms with van der Waals surface area (Å²) < 4.78 is 13.8. The van der Waals surface area contributed by atoms with Gasteiger partial charge in [-0.2, -0.15) is 5.26 Å². The van der Waals surface area contributed by atoms with Crippen LogP contribution in [0.2, 0.25) is 0 Å². The fraction of sp³-hybridized carbons (Fsp3) is 0.533. The molecule has 4 unspecified atom stereocenters. The molecule has 2 aliphatic carbocycles. The molecule has 4 atom stereocenters. The number of nitriles is 1. The Balaban J connectivity index is 1.99. The Bertz CT molecular complexity index is 509. The Labute approximate surface area is 106 Å². The highest BCUT2D eigenvalue weighted by Gasteiger charge is 2.56. The van der Waals surface area contributed by atoms with Crippen molar-refractivity contribution in [1.82, 2.24) is 0 Å². The third kappa shape index (κ3) is 1.49. The molecule has 1 aromatic rings. The zero-order valence-corrected chi connectivity index (χ0v) is 10.1. The van der Waals surface area contributed by atoms with Crippen LogP contribution < -0.4 is 0 Å². The average Bonchev–Trinajstić information content (AvgIpc) is 2.99. The van der Waals surface area contributed by atoms with Gasteiger partial charge >= 0.3 is 0 Å². The summed E-state index contributed by atoms with van der Waals surface area (Å²) in [7, 11) is 0. The molecule has 2 fully saturated rings. The lowest BCUT2D eigenvalue weighted by Gasteiger charge is -2.35. The molecule has 0 aliphatic heterocycles. The maximum Gasteiger partial charge on any atom is 0.129 e. The summed E-state index contributed by atoms with van der Waals surface area (Å²) in [4.78, 5) is 0. The Morgan fingerprint density at radius 3 is 2.72 bits per heavy atom. The maximum absolute atomic E-state index is 13.8. The number of aliphatic hydroxyl groups is 1. The van der Waals surface area contributed by atoms with Crippen molar-refractivity contribution in [2.75, 3.05) is 0 Å². The fourth-order valence-corrected chi connectivity index (χ4v) is 3.88. The third-order valence-electron chi connectivity index (χ3n) is 4.79. The minimum absolute atomic E-state index is 0.224. The molecule has 1 N–H and O–H groups in total. The molecule has 18 heavy (non-hydrogen) atoms. The van der Waals surface area contributed by atoms with Crippen LogP contribution in [-0.4, -0.2) is 5.11 Å². The van der Waals surface area contributed by atoms with Crippen molar-refractivity contribution in [3.63, 3.8) is 0 Å². The van der Waals surface area contributed by atoms with E-state index in [0.29, 0.717) is 12.3 Å². The van der Waals surface area contributed by atoms with Gasteiger partial charge in [-0.15, -0.1) is 0 Å². The summed E-state index contributed by atoms with van der Waals surface area (Å²) >= 11 is 0. The highest BCUT2D eigenvalue weighted by atomic mass is 19.1. The maximum atomic E-state index is 13.8. The van der Waals surface area contributed by atoms with E-state index < -0.39 is 17.3 Å². The lowest BCUT2D eigenvalue weighted by Crippen LogP contribution is -2.33. The van der Waals surface area contributed by atoms with E-state index in [4.69, 9.17) is 0 Å². The van der Waals surface area contributed by atoms with Gasteiger partial charge in [-0.05, 0) is 37.2 Å². The molecule has 0 saturated heterocycles. The van der Waals surface area contributed by atoms with Crippen LogP contribution in [-0.2, 0) is 0 Å². The number of rotatable bonds is 2. The second-order valence-corrected chi connectivity index (χ2v) is 5.66. The van der Waals surface area contributed by atoms with Gasteiger partial charge in [-0.1, -0.05) is 24.6 Å². The highest BCUT2D eigenvalue weighted by Crippen LogP contribution is 2.60. The monoisotopic (exact) mass is 245 g/mol. The molecule has 1 aromatic carbocycles. The molecular formula is C15H16FNO. The quantitative estimate of drug-likeness (QED) is 0.869. The third-order valence-corrected chi connectivity index (χ3v) is 4.79. The first kappa shape index (κ1) is 11.7. The van der Waals surface area contributed by atoms with E-state index in [2.05, 4.69) is 6.07 Å². The predicted molar refractivity (Wildman–Crippen MR) is 64.9 cm³/mol. The molecule has 2 bridgehead atoms. The Hall–Kier alpha value is -1.40. The minimum Gasteiger partial charge on any atom is -0.387 e. The van der Waals surface area contributed by atoms with Gasteiger partial charge in [-0.3, -0.25) is 0 Å². The molecule has 3 rings (SSSR count). The van der Waals surface area contributed by atoms with E-state index in [1.807, 2.05) is 0 Å². The lowest BCUT2D eigenvalue weighted by atomic mass is 9.68. The molecule has 3 heteroatoms. The van der Waals surface area contributed by atoms with Crippen LogP contribution in [0.25, 0.3) is 0 Å². The Morgan fingerprint density at radius 2 is 2.17 bits per heavy atom. The zero-order chi connectivity index (χ0) is 12.8. The normalized spacial score (nSPS) is 35.4. The van der Waals surface area contributed by atoms with E-state index in [0.717, 1.165) is 19.3 Å². The topological polar surface area (TPSA) is 44.0 Å². The number of hydrogen-bond donors (Lipinski definition) is 1. The Kier molecular flexibility index (Phi) is 2.64. The molecule has 2 nitrogen and oxygen atoms in total. The largest absolute Gasteiger partial charge is 0.387 e. The van der Waals surface area contributed by atoms with Crippen LogP contribution in [0, 0.1) is 34.4 Å². The average molecular weight is 245 g/mol. The van der Waals surface area contributed by atoms with Crippen molar-refractivity contribution in [2.45, 2.75) is 31.8 Å². The fourth-order valence-electron chi connectivity index (χ4n) is 3.88. The molecule has 2 saturated carbocycles. The molecule has 0 radical (unpaired) electrons. The molecule has 2 aliphatic rings. The van der Waals surface area contributed by atoms with Crippen LogP contribution in [0.4, 0.5) is 4.39 Å². The van der Waals surface area contributed by atoms with Gasteiger partial charge in [0.15, 0.2) is 0 Å². The van der Waals surface area contributed by atoms with Crippen LogP contribution in [0.3, 0.4) is 0 Å². The van der Waals surface area contributed by atoms with Crippen LogP contribution in [0.1, 0.15) is 37.4 Å². The SMILES string of the molecule is N#CC1(C(O)c2ccccc2F)CC2CCC1C2. The number of benzene rings is 1. The summed E-state index contributed by atoms with van der Waals surface area (Å²) in [6.07, 6.45) is 2.86. The number of hydrogen-bond acceptors (Lipinski definition) is 2. The van der Waals surface area contributed by atoms with Gasteiger partial charge in [0.05, 0.1) is 11.5 Å². The van der Waals surface area contributed by atoms with E-state index >= 15 is 0 Å². The van der Waals surface area contributed by atoms with Crippen molar-refractivity contribution in [1.29, 1.82) is 5.26 Å². The summed E-state index contributed by atoms with van der Waals surface area (Å²) in [5, 5.41) is 20.0. The van der Waals surface area contributed by atoms with Gasteiger partial charge in [0.2, 0.25) is 0 Å². The molecule has 94 valence electrons. The molecule has 0 aromatic heterocycles. The van der Waals surface area contributed by atoms with Crippen molar-refractivity contribution in [3.05, 3.63) is 35.6 Å². The first-order chi connectivity index (χ1) is 8.67. The van der Waals surface area contributed by atoms with E-state index in [-0.39, 0.29) is 11.5 Å². The van der Waals surface area contributed by atoms with Crippen LogP contribution in [0.5, 0.6) is 0 Å². The molecule has 0 spiro atoms. The van der Waals surface area contributed by atoms with Gasteiger partial charge < -0.3 is 5.11 Å². The van der Waals surface area contributed by atoms with Gasteiger partial charge in [-0.25, -0.2) is 4.39 Å². The van der Waals surface area contributed by atoms with E-state index in [1.54, 1.807) is 18.2 Å². The second-order valence-electron chi connectivity index (χ2n) is 5.66. The number of fused-ring (bicyclic) bond motifs is 2. The smallest absolute Gasteiger partial charge is 0.129 e. The second kappa shape index (κ2) is 4.07. The standard InChI is InChI=1S/C15H16FNO/c16-13-4-2-1-3-12(13)14(18)15(9-17)8-10-5-6-11(15)7-10/h1-4,10-11,14,18H,5-8H2. The van der Waals surface area contributed by atoms with Crippen LogP contribution >= 0.6 is 0 Å². The summed E-state index contributed by atoms with van der Waals surface area (Å²) in [5.41, 5.74) is -0.503. The van der Waals surface area contributed by atoms with Gasteiger partial charge in [0, 0.05) is 5.56 Å². The highest BCUT2D eigenvalue weighted by molar-refractivity contribution is 5.27. The molecular weight excluding hydrogens is 229 g/mol. The van der Waals surface area contributed by atoms with E-state index in [9.17, 15) is 14.8 Å². The predicted octanol–water partition coefficient (Wildman–Crippen LogP) is 3.19. The number of aliphatic hydroxyl groups excluding tert-OH is 1. The Morgan fingerprint density at radius 1 is 1.39 bits per heavy atom. The van der Waals surface area contributed by atoms with Crippen molar-refractivity contribution < 1.29 is 9.50 Å². The first-order valence-corrected chi connectivity index (χ1v) is 6.51. The summed E-state index contributed by atoms with van der Waals surface area (Å²) in [6, 6.07) is 8.56. The van der Waals surface area contributed by atoms with Crippen molar-refractivity contribution >= 4 is 0 Å². The van der Waals surface area contributed by atoms with E-state index in [1.165, 1.54) is 6.07 Å². The number of halogens is 1. The van der Waals surface area contributed by atoms with Gasteiger partial charge in [0.1, 0.15) is 11.9 Å². The van der Waals surface area contributed by atoms with Crippen molar-refractivity contribution in [2.24, 2.45) is 17.3 Å². The van der Waals surface area contributed by atoms with Crippen molar-refractivity contribution in [3.8, 4) is 6.07 Å². The van der Waals surface area contributed by atoms with Gasteiger partial charge in [0.25, 0.3) is 0 Å². The summed E-state index contributed by atoms with van der Waals surface area (Å²) in [6.45, 7) is 0. The molecule has 0 heterocycles. The lowest BCUT2D eigenvalue weighted by molar-refractivity contribution is 0.0208. The van der Waals surface area contributed by atoms with Crippen LogP contribution in [0.15, 0.2) is 24.3 Å². The summed E-state index contributed by atoms with van der Waals surface area (Å²) in [5.74, 6) is 0.348. The number of nitrogens with zero attached hydrogens (tertiary/aromatic N) is 1. The first-order valence-electron chi connectivity index (χ1n) is 6.51.